The first-order chi connectivity index (χ1) is 7.88. The molecular weight excluding hydrogens is 229 g/mol. The molecular formula is C12H11F3N2. The van der Waals surface area contributed by atoms with Gasteiger partial charge in [-0.2, -0.15) is 18.3 Å². The zero-order valence-electron chi connectivity index (χ0n) is 9.39. The Hall–Kier alpha value is -1.78. The summed E-state index contributed by atoms with van der Waals surface area (Å²) in [5, 5.41) is 5.73. The largest absolute Gasteiger partial charge is 0.432 e. The number of halogens is 3. The number of hydrogen-bond acceptors (Lipinski definition) is 1. The van der Waals surface area contributed by atoms with Gasteiger partial charge in [-0.25, -0.2) is 0 Å². The predicted molar refractivity (Wildman–Crippen MR) is 58.5 cm³/mol. The molecule has 0 bridgehead atoms. The van der Waals surface area contributed by atoms with E-state index in [-0.39, 0.29) is 0 Å². The molecule has 5 heteroatoms. The van der Waals surface area contributed by atoms with Gasteiger partial charge in [0, 0.05) is 5.56 Å². The fraction of sp³-hybridized carbons (Fsp3) is 0.250. The summed E-state index contributed by atoms with van der Waals surface area (Å²) in [5.41, 5.74) is 2.10. The van der Waals surface area contributed by atoms with E-state index >= 15 is 0 Å². The van der Waals surface area contributed by atoms with Crippen molar-refractivity contribution in [3.63, 3.8) is 0 Å². The first-order valence-corrected chi connectivity index (χ1v) is 5.08. The topological polar surface area (TPSA) is 28.7 Å². The minimum Gasteiger partial charge on any atom is -0.273 e. The van der Waals surface area contributed by atoms with Crippen LogP contribution >= 0.6 is 0 Å². The third-order valence-corrected chi connectivity index (χ3v) is 2.55. The summed E-state index contributed by atoms with van der Waals surface area (Å²) in [6.07, 6.45) is -4.39. The highest BCUT2D eigenvalue weighted by atomic mass is 19.4. The van der Waals surface area contributed by atoms with Crippen LogP contribution in [-0.4, -0.2) is 10.2 Å². The maximum absolute atomic E-state index is 12.4. The molecule has 1 aromatic heterocycles. The van der Waals surface area contributed by atoms with Crippen molar-refractivity contribution in [3.05, 3.63) is 41.1 Å². The Morgan fingerprint density at radius 3 is 2.41 bits per heavy atom. The first kappa shape index (κ1) is 11.7. The van der Waals surface area contributed by atoms with Crippen molar-refractivity contribution in [2.75, 3.05) is 0 Å². The lowest BCUT2D eigenvalue weighted by atomic mass is 10.0. The van der Waals surface area contributed by atoms with Crippen LogP contribution in [0.25, 0.3) is 11.3 Å². The smallest absolute Gasteiger partial charge is 0.273 e. The van der Waals surface area contributed by atoms with Crippen LogP contribution < -0.4 is 0 Å². The van der Waals surface area contributed by atoms with Gasteiger partial charge in [0.05, 0.1) is 5.69 Å². The van der Waals surface area contributed by atoms with E-state index in [9.17, 15) is 13.2 Å². The van der Waals surface area contributed by atoms with Crippen LogP contribution in [0.2, 0.25) is 0 Å². The van der Waals surface area contributed by atoms with Gasteiger partial charge in [0.2, 0.25) is 0 Å². The molecule has 17 heavy (non-hydrogen) atoms. The van der Waals surface area contributed by atoms with E-state index in [2.05, 4.69) is 5.10 Å². The normalized spacial score (nSPS) is 11.8. The summed E-state index contributed by atoms with van der Waals surface area (Å²) in [5.74, 6) is 0. The highest BCUT2D eigenvalue weighted by molar-refractivity contribution is 5.64. The van der Waals surface area contributed by atoms with Crippen molar-refractivity contribution in [1.82, 2.24) is 10.2 Å². The molecule has 0 spiro atoms. The predicted octanol–water partition coefficient (Wildman–Crippen LogP) is 3.71. The Bertz CT molecular complexity index is 541. The number of aromatic nitrogens is 2. The maximum atomic E-state index is 12.4. The number of H-pyrrole nitrogens is 1. The molecule has 1 heterocycles. The molecule has 2 aromatic rings. The first-order valence-electron chi connectivity index (χ1n) is 5.08. The van der Waals surface area contributed by atoms with Crippen LogP contribution in [0, 0.1) is 13.8 Å². The molecule has 0 unspecified atom stereocenters. The number of aromatic amines is 1. The van der Waals surface area contributed by atoms with Crippen molar-refractivity contribution in [2.24, 2.45) is 0 Å². The van der Waals surface area contributed by atoms with E-state index in [0.717, 1.165) is 22.8 Å². The molecule has 0 saturated heterocycles. The summed E-state index contributed by atoms with van der Waals surface area (Å²) < 4.78 is 37.3. The Morgan fingerprint density at radius 1 is 1.12 bits per heavy atom. The van der Waals surface area contributed by atoms with Gasteiger partial charge in [-0.1, -0.05) is 17.7 Å². The lowest BCUT2D eigenvalue weighted by Crippen LogP contribution is -2.04. The van der Waals surface area contributed by atoms with Crippen LogP contribution in [0.1, 0.15) is 16.8 Å². The van der Waals surface area contributed by atoms with E-state index in [1.165, 1.54) is 0 Å². The van der Waals surface area contributed by atoms with E-state index in [0.29, 0.717) is 5.69 Å². The molecule has 0 aliphatic rings. The minimum atomic E-state index is -4.39. The second-order valence-corrected chi connectivity index (χ2v) is 3.98. The molecule has 0 amide bonds. The van der Waals surface area contributed by atoms with Crippen molar-refractivity contribution in [2.45, 2.75) is 20.0 Å². The summed E-state index contributed by atoms with van der Waals surface area (Å²) in [7, 11) is 0. The lowest BCUT2D eigenvalue weighted by molar-refractivity contribution is -0.141. The second-order valence-electron chi connectivity index (χ2n) is 3.98. The van der Waals surface area contributed by atoms with E-state index in [1.807, 2.05) is 37.1 Å². The number of nitrogens with zero attached hydrogens (tertiary/aromatic N) is 1. The van der Waals surface area contributed by atoms with Crippen LogP contribution in [-0.2, 0) is 6.18 Å². The van der Waals surface area contributed by atoms with Gasteiger partial charge < -0.3 is 0 Å². The molecule has 0 saturated carbocycles. The van der Waals surface area contributed by atoms with Crippen LogP contribution in [0.5, 0.6) is 0 Å². The maximum Gasteiger partial charge on any atom is 0.432 e. The van der Waals surface area contributed by atoms with Crippen LogP contribution in [0.15, 0.2) is 24.3 Å². The third kappa shape index (κ3) is 2.33. The molecule has 1 N–H and O–H groups in total. The van der Waals surface area contributed by atoms with Crippen LogP contribution in [0.3, 0.4) is 0 Å². The molecule has 0 aliphatic carbocycles. The average molecular weight is 240 g/mol. The standard InChI is InChI=1S/C12H11F3N2/c1-7-3-4-8(2)9(5-7)10-6-11(17-16-10)12(13,14)15/h3-6H,1-2H3,(H,16,17). The summed E-state index contributed by atoms with van der Waals surface area (Å²) >= 11 is 0. The molecule has 0 fully saturated rings. The Kier molecular flexibility index (Phi) is 2.69. The average Bonchev–Trinajstić information content (AvgIpc) is 2.70. The number of aryl methyl sites for hydroxylation is 2. The quantitative estimate of drug-likeness (QED) is 0.808. The number of alkyl halides is 3. The van der Waals surface area contributed by atoms with Crippen molar-refractivity contribution in [1.29, 1.82) is 0 Å². The van der Waals surface area contributed by atoms with E-state index in [4.69, 9.17) is 0 Å². The van der Waals surface area contributed by atoms with Gasteiger partial charge in [-0.05, 0) is 31.5 Å². The Labute approximate surface area is 96.5 Å². The zero-order valence-corrected chi connectivity index (χ0v) is 9.39. The van der Waals surface area contributed by atoms with Crippen molar-refractivity contribution in [3.8, 4) is 11.3 Å². The Morgan fingerprint density at radius 2 is 1.82 bits per heavy atom. The third-order valence-electron chi connectivity index (χ3n) is 2.55. The van der Waals surface area contributed by atoms with Gasteiger partial charge in [-0.15, -0.1) is 0 Å². The molecule has 2 rings (SSSR count). The fourth-order valence-electron chi connectivity index (χ4n) is 1.62. The number of benzene rings is 1. The summed E-state index contributed by atoms with van der Waals surface area (Å²) in [4.78, 5) is 0. The van der Waals surface area contributed by atoms with E-state index in [1.54, 1.807) is 0 Å². The van der Waals surface area contributed by atoms with Crippen molar-refractivity contribution < 1.29 is 13.2 Å². The number of nitrogens with one attached hydrogen (secondary N) is 1. The highest BCUT2D eigenvalue weighted by Crippen LogP contribution is 2.31. The monoisotopic (exact) mass is 240 g/mol. The number of hydrogen-bond donors (Lipinski definition) is 1. The van der Waals surface area contributed by atoms with Gasteiger partial charge in [0.25, 0.3) is 0 Å². The minimum absolute atomic E-state index is 0.318. The number of rotatable bonds is 1. The molecule has 0 radical (unpaired) electrons. The van der Waals surface area contributed by atoms with Gasteiger partial charge >= 0.3 is 6.18 Å². The van der Waals surface area contributed by atoms with Gasteiger partial charge in [0.1, 0.15) is 5.69 Å². The fourth-order valence-corrected chi connectivity index (χ4v) is 1.62. The van der Waals surface area contributed by atoms with Crippen molar-refractivity contribution >= 4 is 0 Å². The van der Waals surface area contributed by atoms with Crippen LogP contribution in [0.4, 0.5) is 13.2 Å². The molecule has 90 valence electrons. The molecule has 2 nitrogen and oxygen atoms in total. The van der Waals surface area contributed by atoms with Gasteiger partial charge in [-0.3, -0.25) is 5.10 Å². The van der Waals surface area contributed by atoms with Gasteiger partial charge in [0.15, 0.2) is 0 Å². The molecule has 0 atom stereocenters. The SMILES string of the molecule is Cc1ccc(C)c(-c2cc(C(F)(F)F)[nH]n2)c1. The second kappa shape index (κ2) is 3.91. The molecule has 1 aromatic carbocycles. The summed E-state index contributed by atoms with van der Waals surface area (Å²) in [6, 6.07) is 6.64. The van der Waals surface area contributed by atoms with E-state index < -0.39 is 11.9 Å². The summed E-state index contributed by atoms with van der Waals surface area (Å²) in [6.45, 7) is 3.73. The highest BCUT2D eigenvalue weighted by Gasteiger charge is 2.33. The Balaban J connectivity index is 2.47. The molecule has 0 aliphatic heterocycles. The zero-order chi connectivity index (χ0) is 12.6. The lowest BCUT2D eigenvalue weighted by Gasteiger charge is -2.03.